The lowest BCUT2D eigenvalue weighted by Gasteiger charge is -2.17. The minimum atomic E-state index is -0.783. The standard InChI is InChI=1S/C16H17FO3/c1-10-7-8-12(17)15(9-10)20-14-6-4-5-13(19-3)16(14)11(2)18/h4-9,11,18H,1-3H3/t11-/m0/s1. The van der Waals surface area contributed by atoms with E-state index in [1.165, 1.54) is 13.2 Å². The lowest BCUT2D eigenvalue weighted by molar-refractivity contribution is 0.190. The van der Waals surface area contributed by atoms with Crippen LogP contribution < -0.4 is 9.47 Å². The fraction of sp³-hybridized carbons (Fsp3) is 0.250. The topological polar surface area (TPSA) is 38.7 Å². The van der Waals surface area contributed by atoms with Crippen molar-refractivity contribution in [3.63, 3.8) is 0 Å². The highest BCUT2D eigenvalue weighted by molar-refractivity contribution is 5.48. The number of hydrogen-bond acceptors (Lipinski definition) is 3. The number of ether oxygens (including phenoxy) is 2. The largest absolute Gasteiger partial charge is 0.496 e. The van der Waals surface area contributed by atoms with Crippen molar-refractivity contribution in [2.24, 2.45) is 0 Å². The van der Waals surface area contributed by atoms with E-state index in [1.54, 1.807) is 37.3 Å². The van der Waals surface area contributed by atoms with E-state index in [2.05, 4.69) is 0 Å². The molecule has 0 bridgehead atoms. The lowest BCUT2D eigenvalue weighted by atomic mass is 10.1. The summed E-state index contributed by atoms with van der Waals surface area (Å²) in [7, 11) is 1.51. The summed E-state index contributed by atoms with van der Waals surface area (Å²) in [6, 6.07) is 9.76. The number of aryl methyl sites for hydroxylation is 1. The summed E-state index contributed by atoms with van der Waals surface area (Å²) in [4.78, 5) is 0. The Morgan fingerprint density at radius 3 is 2.45 bits per heavy atom. The molecule has 0 heterocycles. The van der Waals surface area contributed by atoms with E-state index in [4.69, 9.17) is 9.47 Å². The van der Waals surface area contributed by atoms with Gasteiger partial charge in [-0.25, -0.2) is 4.39 Å². The van der Waals surface area contributed by atoms with Gasteiger partial charge in [0.2, 0.25) is 0 Å². The average Bonchev–Trinajstić information content (AvgIpc) is 2.42. The Balaban J connectivity index is 2.45. The number of aliphatic hydroxyl groups excluding tert-OH is 1. The highest BCUT2D eigenvalue weighted by atomic mass is 19.1. The molecule has 0 radical (unpaired) electrons. The second-order valence-corrected chi connectivity index (χ2v) is 4.58. The fourth-order valence-electron chi connectivity index (χ4n) is 2.01. The van der Waals surface area contributed by atoms with Crippen LogP contribution in [0.1, 0.15) is 24.2 Å². The normalized spacial score (nSPS) is 12.1. The third-order valence-corrected chi connectivity index (χ3v) is 2.97. The first-order valence-electron chi connectivity index (χ1n) is 6.32. The molecule has 0 aromatic heterocycles. The predicted molar refractivity (Wildman–Crippen MR) is 74.8 cm³/mol. The molecular formula is C16H17FO3. The van der Waals surface area contributed by atoms with Crippen molar-refractivity contribution >= 4 is 0 Å². The first-order chi connectivity index (χ1) is 9.52. The first-order valence-corrected chi connectivity index (χ1v) is 6.32. The van der Waals surface area contributed by atoms with Crippen LogP contribution in [-0.4, -0.2) is 12.2 Å². The maximum atomic E-state index is 13.8. The quantitative estimate of drug-likeness (QED) is 0.917. The third kappa shape index (κ3) is 2.91. The van der Waals surface area contributed by atoms with Gasteiger partial charge in [-0.15, -0.1) is 0 Å². The van der Waals surface area contributed by atoms with Gasteiger partial charge in [0.1, 0.15) is 11.5 Å². The summed E-state index contributed by atoms with van der Waals surface area (Å²) < 4.78 is 24.6. The maximum absolute atomic E-state index is 13.8. The highest BCUT2D eigenvalue weighted by Gasteiger charge is 2.17. The van der Waals surface area contributed by atoms with E-state index < -0.39 is 11.9 Å². The molecule has 1 atom stereocenters. The van der Waals surface area contributed by atoms with Gasteiger partial charge >= 0.3 is 0 Å². The SMILES string of the molecule is COc1cccc(Oc2cc(C)ccc2F)c1[C@H](C)O. The third-order valence-electron chi connectivity index (χ3n) is 2.97. The Morgan fingerprint density at radius 2 is 1.80 bits per heavy atom. The maximum Gasteiger partial charge on any atom is 0.165 e. The van der Waals surface area contributed by atoms with Crippen LogP contribution in [0.5, 0.6) is 17.2 Å². The Hall–Kier alpha value is -2.07. The van der Waals surface area contributed by atoms with Crippen LogP contribution in [0.25, 0.3) is 0 Å². The van der Waals surface area contributed by atoms with E-state index >= 15 is 0 Å². The van der Waals surface area contributed by atoms with Crippen molar-refractivity contribution in [2.45, 2.75) is 20.0 Å². The number of halogens is 1. The van der Waals surface area contributed by atoms with Gasteiger partial charge in [-0.2, -0.15) is 0 Å². The van der Waals surface area contributed by atoms with Gasteiger partial charge in [-0.3, -0.25) is 0 Å². The second-order valence-electron chi connectivity index (χ2n) is 4.58. The molecule has 20 heavy (non-hydrogen) atoms. The molecule has 2 aromatic rings. The van der Waals surface area contributed by atoms with Crippen molar-refractivity contribution in [2.75, 3.05) is 7.11 Å². The lowest BCUT2D eigenvalue weighted by Crippen LogP contribution is -2.00. The smallest absolute Gasteiger partial charge is 0.165 e. The Morgan fingerprint density at radius 1 is 1.10 bits per heavy atom. The number of aliphatic hydroxyl groups is 1. The van der Waals surface area contributed by atoms with Gasteiger partial charge in [0.25, 0.3) is 0 Å². The van der Waals surface area contributed by atoms with E-state index in [0.29, 0.717) is 17.1 Å². The van der Waals surface area contributed by atoms with Crippen LogP contribution >= 0.6 is 0 Å². The van der Waals surface area contributed by atoms with Crippen LogP contribution in [-0.2, 0) is 0 Å². The molecule has 0 aliphatic heterocycles. The average molecular weight is 276 g/mol. The van der Waals surface area contributed by atoms with Crippen molar-refractivity contribution in [1.29, 1.82) is 0 Å². The summed E-state index contributed by atoms with van der Waals surface area (Å²) >= 11 is 0. The second kappa shape index (κ2) is 5.92. The van der Waals surface area contributed by atoms with Gasteiger partial charge in [0.05, 0.1) is 18.8 Å². The van der Waals surface area contributed by atoms with Gasteiger partial charge in [0, 0.05) is 0 Å². The molecule has 1 N–H and O–H groups in total. The molecule has 4 heteroatoms. The van der Waals surface area contributed by atoms with Crippen LogP contribution in [0.3, 0.4) is 0 Å². The molecule has 2 aromatic carbocycles. The Kier molecular flexibility index (Phi) is 4.25. The first kappa shape index (κ1) is 14.3. The van der Waals surface area contributed by atoms with Crippen molar-refractivity contribution in [1.82, 2.24) is 0 Å². The zero-order chi connectivity index (χ0) is 14.7. The summed E-state index contributed by atoms with van der Waals surface area (Å²) in [6.45, 7) is 3.46. The molecule has 3 nitrogen and oxygen atoms in total. The summed E-state index contributed by atoms with van der Waals surface area (Å²) in [5.74, 6) is 0.560. The number of benzene rings is 2. The molecule has 0 aliphatic carbocycles. The van der Waals surface area contributed by atoms with E-state index in [1.807, 2.05) is 6.92 Å². The van der Waals surface area contributed by atoms with Crippen LogP contribution in [0.4, 0.5) is 4.39 Å². The fourth-order valence-corrected chi connectivity index (χ4v) is 2.01. The van der Waals surface area contributed by atoms with E-state index in [-0.39, 0.29) is 5.75 Å². The van der Waals surface area contributed by atoms with Crippen LogP contribution in [0, 0.1) is 12.7 Å². The zero-order valence-electron chi connectivity index (χ0n) is 11.7. The van der Waals surface area contributed by atoms with Crippen LogP contribution in [0.2, 0.25) is 0 Å². The summed E-state index contributed by atoms with van der Waals surface area (Å²) in [5, 5.41) is 9.86. The molecule has 106 valence electrons. The van der Waals surface area contributed by atoms with E-state index in [9.17, 15) is 9.50 Å². The van der Waals surface area contributed by atoms with Crippen molar-refractivity contribution in [3.8, 4) is 17.2 Å². The predicted octanol–water partition coefficient (Wildman–Crippen LogP) is 3.99. The molecule has 0 spiro atoms. The number of hydrogen-bond donors (Lipinski definition) is 1. The molecule has 0 unspecified atom stereocenters. The van der Waals surface area contributed by atoms with Crippen molar-refractivity contribution < 1.29 is 19.0 Å². The zero-order valence-corrected chi connectivity index (χ0v) is 11.7. The van der Waals surface area contributed by atoms with Gasteiger partial charge in [-0.05, 0) is 43.7 Å². The molecule has 0 fully saturated rings. The van der Waals surface area contributed by atoms with Gasteiger partial charge in [0.15, 0.2) is 11.6 Å². The number of methoxy groups -OCH3 is 1. The highest BCUT2D eigenvalue weighted by Crippen LogP contribution is 2.37. The molecule has 0 saturated heterocycles. The molecule has 0 aliphatic rings. The Bertz CT molecular complexity index is 609. The van der Waals surface area contributed by atoms with Gasteiger partial charge < -0.3 is 14.6 Å². The van der Waals surface area contributed by atoms with Crippen molar-refractivity contribution in [3.05, 3.63) is 53.3 Å². The molecule has 0 amide bonds. The van der Waals surface area contributed by atoms with Gasteiger partial charge in [-0.1, -0.05) is 12.1 Å². The monoisotopic (exact) mass is 276 g/mol. The summed E-state index contributed by atoms with van der Waals surface area (Å²) in [5.41, 5.74) is 1.39. The molecule has 0 saturated carbocycles. The Labute approximate surface area is 117 Å². The number of rotatable bonds is 4. The minimum absolute atomic E-state index is 0.125. The summed E-state index contributed by atoms with van der Waals surface area (Å²) in [6.07, 6.45) is -0.783. The van der Waals surface area contributed by atoms with E-state index in [0.717, 1.165) is 5.56 Å². The molecule has 2 rings (SSSR count). The minimum Gasteiger partial charge on any atom is -0.496 e. The van der Waals surface area contributed by atoms with Crippen LogP contribution in [0.15, 0.2) is 36.4 Å². The molecular weight excluding hydrogens is 259 g/mol.